The van der Waals surface area contributed by atoms with E-state index in [-0.39, 0.29) is 5.91 Å². The first-order valence-electron chi connectivity index (χ1n) is 11.5. The SMILES string of the molecule is NC(=O)c1c(NC(=O)CN2CCN(Cc3ccc4c(c3)CCO4)CC2)sc2c1CCCC2. The van der Waals surface area contributed by atoms with Gasteiger partial charge in [-0.25, -0.2) is 0 Å². The summed E-state index contributed by atoms with van der Waals surface area (Å²) < 4.78 is 5.60. The van der Waals surface area contributed by atoms with Crippen LogP contribution < -0.4 is 15.8 Å². The minimum Gasteiger partial charge on any atom is -0.493 e. The molecule has 2 amide bonds. The summed E-state index contributed by atoms with van der Waals surface area (Å²) >= 11 is 1.52. The van der Waals surface area contributed by atoms with Gasteiger partial charge in [-0.05, 0) is 48.4 Å². The third-order valence-electron chi connectivity index (χ3n) is 6.66. The Hall–Kier alpha value is -2.42. The molecule has 1 aliphatic carbocycles. The first kappa shape index (κ1) is 21.4. The molecule has 1 aromatic carbocycles. The third-order valence-corrected chi connectivity index (χ3v) is 7.87. The van der Waals surface area contributed by atoms with Gasteiger partial charge in [0.15, 0.2) is 0 Å². The number of thiophene rings is 1. The second-order valence-corrected chi connectivity index (χ2v) is 10.0. The van der Waals surface area contributed by atoms with Crippen LogP contribution in [0.1, 0.15) is 44.8 Å². The second-order valence-electron chi connectivity index (χ2n) is 8.92. The molecule has 0 atom stereocenters. The molecule has 2 aliphatic heterocycles. The Labute approximate surface area is 192 Å². The summed E-state index contributed by atoms with van der Waals surface area (Å²) in [4.78, 5) is 30.6. The van der Waals surface area contributed by atoms with Crippen molar-refractivity contribution in [2.24, 2.45) is 5.73 Å². The lowest BCUT2D eigenvalue weighted by atomic mass is 9.95. The predicted octanol–water partition coefficient (Wildman–Crippen LogP) is 2.42. The second kappa shape index (κ2) is 9.21. The predicted molar refractivity (Wildman–Crippen MR) is 125 cm³/mol. The van der Waals surface area contributed by atoms with Gasteiger partial charge in [0.2, 0.25) is 5.91 Å². The van der Waals surface area contributed by atoms with Crippen LogP contribution in [-0.2, 0) is 30.6 Å². The summed E-state index contributed by atoms with van der Waals surface area (Å²) in [6, 6.07) is 6.50. The van der Waals surface area contributed by atoms with E-state index in [1.165, 1.54) is 27.3 Å². The Morgan fingerprint density at radius 1 is 1.06 bits per heavy atom. The number of carbonyl (C=O) groups is 2. The van der Waals surface area contributed by atoms with Crippen molar-refractivity contribution in [3.63, 3.8) is 0 Å². The van der Waals surface area contributed by atoms with E-state index in [0.29, 0.717) is 17.1 Å². The maximum atomic E-state index is 12.7. The largest absolute Gasteiger partial charge is 0.493 e. The van der Waals surface area contributed by atoms with E-state index < -0.39 is 5.91 Å². The number of hydrogen-bond acceptors (Lipinski definition) is 6. The number of fused-ring (bicyclic) bond motifs is 2. The van der Waals surface area contributed by atoms with E-state index in [0.717, 1.165) is 82.7 Å². The first-order chi connectivity index (χ1) is 15.6. The number of amides is 2. The normalized spacial score (nSPS) is 18.6. The zero-order chi connectivity index (χ0) is 22.1. The molecule has 1 fully saturated rings. The molecule has 0 bridgehead atoms. The van der Waals surface area contributed by atoms with Gasteiger partial charge in [0, 0.05) is 44.0 Å². The number of hydrogen-bond donors (Lipinski definition) is 2. The van der Waals surface area contributed by atoms with Gasteiger partial charge >= 0.3 is 0 Å². The highest BCUT2D eigenvalue weighted by molar-refractivity contribution is 7.17. The van der Waals surface area contributed by atoms with Crippen LogP contribution in [0.5, 0.6) is 5.75 Å². The van der Waals surface area contributed by atoms with Crippen LogP contribution >= 0.6 is 11.3 Å². The fourth-order valence-corrected chi connectivity index (χ4v) is 6.30. The molecule has 0 radical (unpaired) electrons. The fourth-order valence-electron chi connectivity index (χ4n) is 4.99. The Balaban J connectivity index is 1.13. The van der Waals surface area contributed by atoms with E-state index in [4.69, 9.17) is 10.5 Å². The van der Waals surface area contributed by atoms with Gasteiger partial charge in [-0.1, -0.05) is 12.1 Å². The number of aryl methyl sites for hydroxylation is 1. The Morgan fingerprint density at radius 2 is 1.84 bits per heavy atom. The van der Waals surface area contributed by atoms with E-state index >= 15 is 0 Å². The van der Waals surface area contributed by atoms with Crippen molar-refractivity contribution in [3.05, 3.63) is 45.3 Å². The number of nitrogens with two attached hydrogens (primary N) is 1. The lowest BCUT2D eigenvalue weighted by Gasteiger charge is -2.34. The molecular formula is C24H30N4O3S. The van der Waals surface area contributed by atoms with Crippen LogP contribution in [0, 0.1) is 0 Å². The molecule has 3 aliphatic rings. The van der Waals surface area contributed by atoms with E-state index in [2.05, 4.69) is 33.3 Å². The summed E-state index contributed by atoms with van der Waals surface area (Å²) in [6.45, 7) is 5.62. The molecule has 170 valence electrons. The van der Waals surface area contributed by atoms with Crippen molar-refractivity contribution in [2.45, 2.75) is 38.6 Å². The van der Waals surface area contributed by atoms with Crippen molar-refractivity contribution in [1.29, 1.82) is 0 Å². The molecule has 3 N–H and O–H groups in total. The minimum atomic E-state index is -0.438. The van der Waals surface area contributed by atoms with Gasteiger partial charge < -0.3 is 15.8 Å². The van der Waals surface area contributed by atoms with Crippen LogP contribution in [-0.4, -0.2) is 60.9 Å². The Morgan fingerprint density at radius 3 is 2.66 bits per heavy atom. The smallest absolute Gasteiger partial charge is 0.251 e. The molecule has 1 aromatic heterocycles. The molecule has 0 unspecified atom stereocenters. The lowest BCUT2D eigenvalue weighted by molar-refractivity contribution is -0.117. The van der Waals surface area contributed by atoms with Crippen LogP contribution in [0.3, 0.4) is 0 Å². The number of benzene rings is 1. The van der Waals surface area contributed by atoms with Gasteiger partial charge in [-0.3, -0.25) is 19.4 Å². The number of piperazine rings is 1. The van der Waals surface area contributed by atoms with Gasteiger partial charge in [-0.15, -0.1) is 11.3 Å². The average Bonchev–Trinajstić information content (AvgIpc) is 3.38. The number of anilines is 1. The third kappa shape index (κ3) is 4.53. The van der Waals surface area contributed by atoms with Crippen molar-refractivity contribution in [1.82, 2.24) is 9.80 Å². The summed E-state index contributed by atoms with van der Waals surface area (Å²) in [5.74, 6) is 0.514. The zero-order valence-electron chi connectivity index (χ0n) is 18.3. The van der Waals surface area contributed by atoms with Crippen LogP contribution in [0.2, 0.25) is 0 Å². The van der Waals surface area contributed by atoms with E-state index in [1.807, 2.05) is 0 Å². The van der Waals surface area contributed by atoms with E-state index in [9.17, 15) is 9.59 Å². The molecular weight excluding hydrogens is 424 g/mol. The first-order valence-corrected chi connectivity index (χ1v) is 12.3. The molecule has 7 nitrogen and oxygen atoms in total. The summed E-state index contributed by atoms with van der Waals surface area (Å²) in [7, 11) is 0. The minimum absolute atomic E-state index is 0.0711. The lowest BCUT2D eigenvalue weighted by Crippen LogP contribution is -2.48. The van der Waals surface area contributed by atoms with Crippen LogP contribution in [0.15, 0.2) is 18.2 Å². The highest BCUT2D eigenvalue weighted by Gasteiger charge is 2.26. The number of carbonyl (C=O) groups excluding carboxylic acids is 2. The van der Waals surface area contributed by atoms with E-state index in [1.54, 1.807) is 0 Å². The number of primary amides is 1. The molecule has 0 saturated carbocycles. The zero-order valence-corrected chi connectivity index (χ0v) is 19.1. The number of nitrogens with one attached hydrogen (secondary N) is 1. The average molecular weight is 455 g/mol. The van der Waals surface area contributed by atoms with Crippen molar-refractivity contribution in [2.75, 3.05) is 44.6 Å². The molecule has 0 spiro atoms. The monoisotopic (exact) mass is 454 g/mol. The van der Waals surface area contributed by atoms with Gasteiger partial charge in [0.25, 0.3) is 5.91 Å². The van der Waals surface area contributed by atoms with Crippen molar-refractivity contribution in [3.8, 4) is 5.75 Å². The number of nitrogens with zero attached hydrogens (tertiary/aromatic N) is 2. The molecule has 32 heavy (non-hydrogen) atoms. The Bertz CT molecular complexity index is 1030. The highest BCUT2D eigenvalue weighted by atomic mass is 32.1. The summed E-state index contributed by atoms with van der Waals surface area (Å²) in [5, 5.41) is 3.62. The van der Waals surface area contributed by atoms with Gasteiger partial charge in [-0.2, -0.15) is 0 Å². The van der Waals surface area contributed by atoms with Crippen molar-refractivity contribution < 1.29 is 14.3 Å². The number of rotatable bonds is 6. The van der Waals surface area contributed by atoms with Gasteiger partial charge in [0.05, 0.1) is 18.7 Å². The fraction of sp³-hybridized carbons (Fsp3) is 0.500. The van der Waals surface area contributed by atoms with Crippen LogP contribution in [0.25, 0.3) is 0 Å². The standard InChI is InChI=1S/C24H30N4O3S/c25-23(30)22-18-3-1-2-4-20(18)32-24(22)26-21(29)15-28-10-8-27(9-11-28)14-16-5-6-19-17(13-16)7-12-31-19/h5-6,13H,1-4,7-12,14-15H2,(H2,25,30)(H,26,29). The maximum Gasteiger partial charge on any atom is 0.251 e. The molecule has 2 aromatic rings. The maximum absolute atomic E-state index is 12.7. The number of ether oxygens (including phenoxy) is 1. The summed E-state index contributed by atoms with van der Waals surface area (Å²) in [6.07, 6.45) is 5.04. The molecule has 5 rings (SSSR count). The molecule has 1 saturated heterocycles. The van der Waals surface area contributed by atoms with Gasteiger partial charge in [0.1, 0.15) is 10.8 Å². The molecule has 3 heterocycles. The highest BCUT2D eigenvalue weighted by Crippen LogP contribution is 2.37. The van der Waals surface area contributed by atoms with Crippen molar-refractivity contribution >= 4 is 28.2 Å². The Kier molecular flexibility index (Phi) is 6.17. The quantitative estimate of drug-likeness (QED) is 0.700. The summed E-state index contributed by atoms with van der Waals surface area (Å²) in [5.41, 5.74) is 9.86. The topological polar surface area (TPSA) is 87.9 Å². The van der Waals surface area contributed by atoms with Crippen LogP contribution in [0.4, 0.5) is 5.00 Å². The molecule has 8 heteroatoms.